The Morgan fingerprint density at radius 1 is 1.00 bits per heavy atom. The van der Waals surface area contributed by atoms with E-state index in [-0.39, 0.29) is 41.7 Å². The van der Waals surface area contributed by atoms with E-state index in [2.05, 4.69) is 20.4 Å². The van der Waals surface area contributed by atoms with Crippen LogP contribution in [-0.2, 0) is 23.7 Å². The van der Waals surface area contributed by atoms with Gasteiger partial charge < -0.3 is 34.6 Å². The molecule has 0 aliphatic carbocycles. The molecule has 0 saturated carbocycles. The molecule has 40 heavy (non-hydrogen) atoms. The number of nitrogens with one attached hydrogen (secondary N) is 1. The first-order chi connectivity index (χ1) is 18.5. The first-order valence-corrected chi connectivity index (χ1v) is 15.1. The van der Waals surface area contributed by atoms with Crippen LogP contribution in [0.5, 0.6) is 0 Å². The fourth-order valence-electron chi connectivity index (χ4n) is 7.24. The summed E-state index contributed by atoms with van der Waals surface area (Å²) < 4.78 is 24.6. The summed E-state index contributed by atoms with van der Waals surface area (Å²) in [5, 5.41) is 31.2. The van der Waals surface area contributed by atoms with E-state index in [1.54, 1.807) is 20.3 Å². The first-order valence-electron chi connectivity index (χ1n) is 15.1. The van der Waals surface area contributed by atoms with Crippen LogP contribution in [-0.4, -0.2) is 77.8 Å². The summed E-state index contributed by atoms with van der Waals surface area (Å²) in [5.41, 5.74) is -1.10. The third kappa shape index (κ3) is 6.83. The van der Waals surface area contributed by atoms with Gasteiger partial charge in [0.05, 0.1) is 35.4 Å². The van der Waals surface area contributed by atoms with Crippen LogP contribution in [0, 0.1) is 46.8 Å². The highest BCUT2D eigenvalue weighted by molar-refractivity contribution is 5.88. The Morgan fingerprint density at radius 3 is 2.08 bits per heavy atom. The Bertz CT molecular complexity index is 881. The number of carbonyl (C=O) groups excluding carboxylic acids is 1. The minimum atomic E-state index is -0.863. The molecule has 0 radical (unpaired) electrons. The van der Waals surface area contributed by atoms with Crippen molar-refractivity contribution >= 4 is 11.7 Å². The molecular weight excluding hydrogens is 510 g/mol. The van der Waals surface area contributed by atoms with Gasteiger partial charge in [0.15, 0.2) is 0 Å². The second-order valence-electron chi connectivity index (χ2n) is 13.1. The molecule has 2 saturated heterocycles. The molecule has 232 valence electrons. The number of allylic oxidation sites excluding steroid dienone is 1. The van der Waals surface area contributed by atoms with Gasteiger partial charge in [0, 0.05) is 50.0 Å². The number of aliphatic hydroxyl groups excluding tert-OH is 2. The maximum absolute atomic E-state index is 13.8. The second kappa shape index (κ2) is 13.8. The zero-order chi connectivity index (χ0) is 30.7. The Hall–Kier alpha value is -1.32. The highest BCUT2D eigenvalue weighted by Crippen LogP contribution is 2.46. The van der Waals surface area contributed by atoms with Gasteiger partial charge in [-0.1, -0.05) is 47.6 Å². The summed E-state index contributed by atoms with van der Waals surface area (Å²) in [6.45, 7) is 21.7. The highest BCUT2D eigenvalue weighted by atomic mass is 16.6. The topological polar surface area (TPSA) is 118 Å². The molecule has 0 spiro atoms. The zero-order valence-electron chi connectivity index (χ0n) is 26.8. The zero-order valence-corrected chi connectivity index (χ0v) is 26.8. The lowest BCUT2D eigenvalue weighted by atomic mass is 9.65. The minimum absolute atomic E-state index is 0.0587. The predicted molar refractivity (Wildman–Crippen MR) is 157 cm³/mol. The van der Waals surface area contributed by atoms with Crippen LogP contribution < -0.4 is 0 Å². The van der Waals surface area contributed by atoms with Crippen molar-refractivity contribution in [2.24, 2.45) is 41.4 Å². The summed E-state index contributed by atoms with van der Waals surface area (Å²) >= 11 is 0. The molecule has 8 nitrogen and oxygen atoms in total. The average Bonchev–Trinajstić information content (AvgIpc) is 2.94. The minimum Gasteiger partial charge on any atom is -0.462 e. The normalized spacial score (nSPS) is 48.2. The van der Waals surface area contributed by atoms with Crippen LogP contribution in [0.1, 0.15) is 81.6 Å². The van der Waals surface area contributed by atoms with E-state index >= 15 is 0 Å². The number of cyclic esters (lactones) is 1. The third-order valence-electron chi connectivity index (χ3n) is 10.8. The standard InChI is InChI=1S/C32H57NO7/c1-13-23-15-31(9,37-11)21(7)17(3)26(25-16-32(10,38-12)29(35)22(8)39-25)19(5)30(36)40-24(14-2)18(4)28(34)20(6)27(23)33/h13,17-26,28-29,33-35H,1,14-16H2,2-12H3/t17-,18?,19-,20+,21-,22+,23-,24-,25?,26+,28+,29+,31-,32-/m1/s1. The van der Waals surface area contributed by atoms with E-state index in [1.807, 2.05) is 48.5 Å². The van der Waals surface area contributed by atoms with Gasteiger partial charge in [0.2, 0.25) is 0 Å². The quantitative estimate of drug-likeness (QED) is 0.315. The Labute approximate surface area is 242 Å². The molecule has 2 rings (SSSR count). The molecule has 2 unspecified atom stereocenters. The molecular formula is C32H57NO7. The van der Waals surface area contributed by atoms with Gasteiger partial charge in [0.25, 0.3) is 0 Å². The molecule has 3 N–H and O–H groups in total. The van der Waals surface area contributed by atoms with Crippen molar-refractivity contribution in [3.05, 3.63) is 12.7 Å². The van der Waals surface area contributed by atoms with E-state index in [0.29, 0.717) is 25.0 Å². The van der Waals surface area contributed by atoms with Gasteiger partial charge >= 0.3 is 5.97 Å². The molecule has 0 bridgehead atoms. The highest BCUT2D eigenvalue weighted by Gasteiger charge is 2.52. The molecule has 2 fully saturated rings. The number of aliphatic hydroxyl groups is 2. The number of carbonyl (C=O) groups is 1. The average molecular weight is 568 g/mol. The lowest BCUT2D eigenvalue weighted by molar-refractivity contribution is -0.235. The second-order valence-corrected chi connectivity index (χ2v) is 13.1. The van der Waals surface area contributed by atoms with E-state index in [4.69, 9.17) is 24.4 Å². The van der Waals surface area contributed by atoms with Crippen LogP contribution in [0.4, 0.5) is 0 Å². The summed E-state index contributed by atoms with van der Waals surface area (Å²) in [4.78, 5) is 13.8. The van der Waals surface area contributed by atoms with Crippen molar-refractivity contribution in [1.29, 1.82) is 5.41 Å². The van der Waals surface area contributed by atoms with Crippen LogP contribution in [0.25, 0.3) is 0 Å². The number of rotatable bonds is 5. The van der Waals surface area contributed by atoms with Crippen LogP contribution in [0.3, 0.4) is 0 Å². The van der Waals surface area contributed by atoms with E-state index in [1.165, 1.54) is 0 Å². The van der Waals surface area contributed by atoms with Gasteiger partial charge in [-0.2, -0.15) is 0 Å². The SMILES string of the molecule is C=C[C@@H]1C[C@@](C)(OC)[C@H](C)[C@@H](C)[C@H](C2C[C@@](C)(OC)[C@@H](O)[C@H](C)O2)[C@@H](C)C(=O)O[C@H](CC)C(C)[C@H](O)[C@@H](C)C1=N. The molecule has 0 amide bonds. The maximum atomic E-state index is 13.8. The third-order valence-corrected chi connectivity index (χ3v) is 10.8. The number of methoxy groups -OCH3 is 2. The van der Waals surface area contributed by atoms with Crippen molar-refractivity contribution in [1.82, 2.24) is 0 Å². The molecule has 2 aliphatic heterocycles. The predicted octanol–water partition coefficient (Wildman–Crippen LogP) is 5.04. The van der Waals surface area contributed by atoms with E-state index in [0.717, 1.165) is 0 Å². The van der Waals surface area contributed by atoms with Gasteiger partial charge in [-0.25, -0.2) is 0 Å². The summed E-state index contributed by atoms with van der Waals surface area (Å²) in [6, 6.07) is 0. The van der Waals surface area contributed by atoms with E-state index < -0.39 is 47.5 Å². The molecule has 2 aliphatic rings. The van der Waals surface area contributed by atoms with Gasteiger partial charge in [0.1, 0.15) is 12.2 Å². The Kier molecular flexibility index (Phi) is 12.0. The van der Waals surface area contributed by atoms with Gasteiger partial charge in [-0.3, -0.25) is 4.79 Å². The lowest BCUT2D eigenvalue weighted by Gasteiger charge is -2.51. The first kappa shape index (κ1) is 34.9. The Morgan fingerprint density at radius 2 is 1.57 bits per heavy atom. The van der Waals surface area contributed by atoms with Crippen molar-refractivity contribution in [3.8, 4) is 0 Å². The maximum Gasteiger partial charge on any atom is 0.309 e. The van der Waals surface area contributed by atoms with Crippen molar-refractivity contribution in [3.63, 3.8) is 0 Å². The van der Waals surface area contributed by atoms with Crippen LogP contribution >= 0.6 is 0 Å². The molecule has 8 heteroatoms. The van der Waals surface area contributed by atoms with Crippen LogP contribution in [0.15, 0.2) is 12.7 Å². The lowest BCUT2D eigenvalue weighted by Crippen LogP contribution is -2.59. The monoisotopic (exact) mass is 567 g/mol. The van der Waals surface area contributed by atoms with Crippen molar-refractivity contribution in [2.45, 2.75) is 123 Å². The number of esters is 1. The number of ether oxygens (including phenoxy) is 4. The van der Waals surface area contributed by atoms with Crippen molar-refractivity contribution < 1.29 is 34.0 Å². The molecule has 0 aromatic heterocycles. The number of hydrogen-bond acceptors (Lipinski definition) is 8. The molecule has 14 atom stereocenters. The smallest absolute Gasteiger partial charge is 0.309 e. The van der Waals surface area contributed by atoms with Crippen LogP contribution in [0.2, 0.25) is 0 Å². The summed E-state index contributed by atoms with van der Waals surface area (Å²) in [6.07, 6.45) is 0.231. The summed E-state index contributed by atoms with van der Waals surface area (Å²) in [5.74, 6) is -2.37. The molecule has 0 aromatic rings. The van der Waals surface area contributed by atoms with Crippen molar-refractivity contribution in [2.75, 3.05) is 14.2 Å². The van der Waals surface area contributed by atoms with Gasteiger partial charge in [-0.15, -0.1) is 6.58 Å². The number of hydrogen-bond donors (Lipinski definition) is 3. The molecule has 0 aromatic carbocycles. The van der Waals surface area contributed by atoms with E-state index in [9.17, 15) is 15.0 Å². The fraction of sp³-hybridized carbons (Fsp3) is 0.875. The largest absolute Gasteiger partial charge is 0.462 e. The summed E-state index contributed by atoms with van der Waals surface area (Å²) in [7, 11) is 3.29. The molecule has 2 heterocycles. The fourth-order valence-corrected chi connectivity index (χ4v) is 7.24. The van der Waals surface area contributed by atoms with Gasteiger partial charge in [-0.05, 0) is 45.4 Å². The Balaban J connectivity index is 2.67.